The Morgan fingerprint density at radius 3 is 3.07 bits per heavy atom. The molecule has 2 rings (SSSR count). The number of aliphatic imine (C=N–C) groups is 2. The van der Waals surface area contributed by atoms with Crippen molar-refractivity contribution in [2.24, 2.45) is 15.4 Å². The number of amidine groups is 1. The van der Waals surface area contributed by atoms with Crippen molar-refractivity contribution in [2.75, 3.05) is 0 Å². The van der Waals surface area contributed by atoms with E-state index in [1.807, 2.05) is 6.07 Å². The van der Waals surface area contributed by atoms with Crippen LogP contribution in [0.3, 0.4) is 0 Å². The van der Waals surface area contributed by atoms with Gasteiger partial charge < -0.3 is 4.79 Å². The molecule has 68 valence electrons. The zero-order valence-electron chi connectivity index (χ0n) is 7.56. The second-order valence-corrected chi connectivity index (χ2v) is 3.33. The molecule has 0 aromatic rings. The van der Waals surface area contributed by atoms with Gasteiger partial charge in [-0.3, -0.25) is 0 Å². The lowest BCUT2D eigenvalue weighted by atomic mass is 9.80. The van der Waals surface area contributed by atoms with Crippen molar-refractivity contribution in [3.63, 3.8) is 0 Å². The molecule has 0 aromatic carbocycles. The highest BCUT2D eigenvalue weighted by atomic mass is 16.1. The van der Waals surface area contributed by atoms with Crippen molar-refractivity contribution in [3.8, 4) is 6.07 Å². The summed E-state index contributed by atoms with van der Waals surface area (Å²) in [6.45, 7) is 1.74. The summed E-state index contributed by atoms with van der Waals surface area (Å²) in [6.07, 6.45) is 5.47. The second kappa shape index (κ2) is 2.74. The first-order valence-corrected chi connectivity index (χ1v) is 4.12. The van der Waals surface area contributed by atoms with Gasteiger partial charge in [0.1, 0.15) is 12.4 Å². The van der Waals surface area contributed by atoms with Crippen LogP contribution in [-0.2, 0) is 4.79 Å². The summed E-state index contributed by atoms with van der Waals surface area (Å²) in [5, 5.41) is 8.84. The number of hydrogen-bond acceptors (Lipinski definition) is 4. The second-order valence-electron chi connectivity index (χ2n) is 3.33. The molecule has 0 aliphatic carbocycles. The van der Waals surface area contributed by atoms with Gasteiger partial charge in [-0.2, -0.15) is 5.26 Å². The lowest BCUT2D eigenvalue weighted by Gasteiger charge is -2.22. The lowest BCUT2D eigenvalue weighted by Crippen LogP contribution is -2.25. The van der Waals surface area contributed by atoms with Crippen LogP contribution in [0.4, 0.5) is 0 Å². The first kappa shape index (κ1) is 8.57. The molecule has 2 aliphatic heterocycles. The standard InChI is InChI=1S/C10H7N3O/c1-10(6-14)2-3-12-9-8(10)7(4-11)5-13-9/h2-3,5-6H,1H3/t10-/m1/s1. The average molecular weight is 185 g/mol. The van der Waals surface area contributed by atoms with Crippen molar-refractivity contribution < 1.29 is 4.79 Å². The molecule has 0 bridgehead atoms. The molecule has 2 heterocycles. The highest BCUT2D eigenvalue weighted by Gasteiger charge is 2.36. The number of nitriles is 1. The van der Waals surface area contributed by atoms with Gasteiger partial charge in [-0.15, -0.1) is 0 Å². The molecule has 0 amide bonds. The Labute approximate surface area is 81.0 Å². The van der Waals surface area contributed by atoms with E-state index in [9.17, 15) is 4.79 Å². The highest BCUT2D eigenvalue weighted by Crippen LogP contribution is 2.35. The molecule has 0 N–H and O–H groups in total. The van der Waals surface area contributed by atoms with E-state index in [0.717, 1.165) is 6.29 Å². The van der Waals surface area contributed by atoms with Crippen LogP contribution >= 0.6 is 0 Å². The fourth-order valence-electron chi connectivity index (χ4n) is 1.53. The van der Waals surface area contributed by atoms with Crippen LogP contribution in [-0.4, -0.2) is 18.3 Å². The number of carbonyl (C=O) groups excluding carboxylic acids is 1. The predicted octanol–water partition coefficient (Wildman–Crippen LogP) is 1.02. The minimum atomic E-state index is -0.765. The molecule has 4 nitrogen and oxygen atoms in total. The predicted molar refractivity (Wildman–Crippen MR) is 51.9 cm³/mol. The number of allylic oxidation sites excluding steroid dienone is 2. The zero-order chi connectivity index (χ0) is 10.2. The molecule has 4 heteroatoms. The summed E-state index contributed by atoms with van der Waals surface area (Å²) in [5.41, 5.74) is 0.263. The van der Waals surface area contributed by atoms with Crippen molar-refractivity contribution in [1.82, 2.24) is 0 Å². The van der Waals surface area contributed by atoms with Crippen LogP contribution < -0.4 is 0 Å². The first-order valence-electron chi connectivity index (χ1n) is 4.12. The van der Waals surface area contributed by atoms with E-state index in [2.05, 4.69) is 9.98 Å². The van der Waals surface area contributed by atoms with E-state index in [-0.39, 0.29) is 0 Å². The quantitative estimate of drug-likeness (QED) is 0.572. The molecular weight excluding hydrogens is 178 g/mol. The van der Waals surface area contributed by atoms with Crippen LogP contribution in [0.15, 0.2) is 33.4 Å². The fraction of sp³-hybridized carbons (Fsp3) is 0.200. The van der Waals surface area contributed by atoms with Crippen molar-refractivity contribution >= 4 is 18.3 Å². The molecule has 1 atom stereocenters. The fourth-order valence-corrected chi connectivity index (χ4v) is 1.53. The largest absolute Gasteiger partial charge is 0.302 e. The Kier molecular flexibility index (Phi) is 1.68. The van der Waals surface area contributed by atoms with E-state index >= 15 is 0 Å². The third-order valence-corrected chi connectivity index (χ3v) is 2.33. The summed E-state index contributed by atoms with van der Waals surface area (Å²) in [5.74, 6) is 0.471. The van der Waals surface area contributed by atoms with Gasteiger partial charge in [0.2, 0.25) is 0 Å². The maximum Gasteiger partial charge on any atom is 0.157 e. The van der Waals surface area contributed by atoms with Gasteiger partial charge in [-0.05, 0) is 13.0 Å². The smallest absolute Gasteiger partial charge is 0.157 e. The zero-order valence-corrected chi connectivity index (χ0v) is 7.56. The van der Waals surface area contributed by atoms with Crippen LogP contribution in [0.2, 0.25) is 0 Å². The number of nitrogens with zero attached hydrogens (tertiary/aromatic N) is 3. The van der Waals surface area contributed by atoms with E-state index in [1.54, 1.807) is 19.2 Å². The summed E-state index contributed by atoms with van der Waals surface area (Å²) in [6, 6.07) is 2.01. The van der Waals surface area contributed by atoms with Crippen LogP contribution in [0, 0.1) is 16.7 Å². The van der Waals surface area contributed by atoms with Crippen LogP contribution in [0.1, 0.15) is 6.92 Å². The van der Waals surface area contributed by atoms with E-state index in [0.29, 0.717) is 17.0 Å². The van der Waals surface area contributed by atoms with E-state index in [4.69, 9.17) is 5.26 Å². The number of carbonyl (C=O) groups is 1. The molecule has 0 saturated carbocycles. The van der Waals surface area contributed by atoms with Gasteiger partial charge in [0.25, 0.3) is 0 Å². The first-order chi connectivity index (χ1) is 6.71. The Balaban J connectivity index is 2.65. The number of fused-ring (bicyclic) bond motifs is 1. The normalized spacial score (nSPS) is 28.4. The average Bonchev–Trinajstić information content (AvgIpc) is 2.62. The van der Waals surface area contributed by atoms with Crippen molar-refractivity contribution in [1.29, 1.82) is 5.26 Å². The molecule has 0 fully saturated rings. The maximum atomic E-state index is 11.0. The maximum absolute atomic E-state index is 11.0. The van der Waals surface area contributed by atoms with Crippen molar-refractivity contribution in [2.45, 2.75) is 6.92 Å². The van der Waals surface area contributed by atoms with E-state index < -0.39 is 5.41 Å². The van der Waals surface area contributed by atoms with Gasteiger partial charge in [-0.1, -0.05) is 0 Å². The molecule has 0 spiro atoms. The number of hydrogen-bond donors (Lipinski definition) is 0. The molecule has 14 heavy (non-hydrogen) atoms. The van der Waals surface area contributed by atoms with Gasteiger partial charge in [-0.25, -0.2) is 9.98 Å². The molecule has 0 unspecified atom stereocenters. The third kappa shape index (κ3) is 0.958. The minimum absolute atomic E-state index is 0.419. The lowest BCUT2D eigenvalue weighted by molar-refractivity contribution is -0.112. The van der Waals surface area contributed by atoms with Crippen molar-refractivity contribution in [3.05, 3.63) is 23.4 Å². The molecule has 0 aromatic heterocycles. The van der Waals surface area contributed by atoms with Crippen LogP contribution in [0.25, 0.3) is 0 Å². The van der Waals surface area contributed by atoms with Crippen LogP contribution in [0.5, 0.6) is 0 Å². The molecule has 0 radical (unpaired) electrons. The number of rotatable bonds is 1. The van der Waals surface area contributed by atoms with E-state index in [1.165, 1.54) is 6.21 Å². The Hall–Kier alpha value is -2.02. The van der Waals surface area contributed by atoms with Gasteiger partial charge in [0.05, 0.1) is 11.0 Å². The SMILES string of the molecule is C[C@]1(C=O)C=CN=C2N=CC(C#N)=C21. The summed E-state index contributed by atoms with van der Waals surface area (Å²) >= 11 is 0. The Morgan fingerprint density at radius 1 is 1.64 bits per heavy atom. The molecular formula is C10H7N3O. The summed E-state index contributed by atoms with van der Waals surface area (Å²) < 4.78 is 0. The third-order valence-electron chi connectivity index (χ3n) is 2.33. The highest BCUT2D eigenvalue weighted by molar-refractivity contribution is 6.18. The minimum Gasteiger partial charge on any atom is -0.302 e. The Bertz CT molecular complexity index is 462. The Morgan fingerprint density at radius 2 is 2.43 bits per heavy atom. The summed E-state index contributed by atoms with van der Waals surface area (Å²) in [7, 11) is 0. The molecule has 0 saturated heterocycles. The summed E-state index contributed by atoms with van der Waals surface area (Å²) in [4.78, 5) is 19.0. The molecule has 2 aliphatic rings. The van der Waals surface area contributed by atoms with Gasteiger partial charge in [0.15, 0.2) is 5.84 Å². The van der Waals surface area contributed by atoms with Gasteiger partial charge in [0, 0.05) is 18.0 Å². The van der Waals surface area contributed by atoms with Gasteiger partial charge >= 0.3 is 0 Å². The number of aldehydes is 1. The topological polar surface area (TPSA) is 65.6 Å². The monoisotopic (exact) mass is 185 g/mol.